The van der Waals surface area contributed by atoms with E-state index in [1.807, 2.05) is 0 Å². The van der Waals surface area contributed by atoms with Crippen molar-refractivity contribution in [1.29, 1.82) is 0 Å². The second-order valence-corrected chi connectivity index (χ2v) is 3.81. The predicted octanol–water partition coefficient (Wildman–Crippen LogP) is 0.604. The summed E-state index contributed by atoms with van der Waals surface area (Å²) in [6.45, 7) is 4.15. The fourth-order valence-electron chi connectivity index (χ4n) is 2.15. The minimum absolute atomic E-state index is 0.0796. The van der Waals surface area contributed by atoms with Crippen LogP contribution < -0.4 is 0 Å². The first-order chi connectivity index (χ1) is 6.27. The highest BCUT2D eigenvalue weighted by Gasteiger charge is 2.23. The van der Waals surface area contributed by atoms with E-state index >= 15 is 0 Å². The zero-order chi connectivity index (χ0) is 9.68. The summed E-state index contributed by atoms with van der Waals surface area (Å²) in [5, 5.41) is 18.2. The first-order valence-corrected chi connectivity index (χ1v) is 5.31. The maximum Gasteiger partial charge on any atom is 0.0558 e. The quantitative estimate of drug-likeness (QED) is 0.677. The first-order valence-electron chi connectivity index (χ1n) is 5.31. The largest absolute Gasteiger partial charge is 0.395 e. The monoisotopic (exact) mass is 187 g/mol. The van der Waals surface area contributed by atoms with E-state index in [4.69, 9.17) is 5.11 Å². The van der Waals surface area contributed by atoms with Gasteiger partial charge in [0.25, 0.3) is 0 Å². The molecule has 3 nitrogen and oxygen atoms in total. The molecular formula is C10H21NO2. The molecule has 3 heteroatoms. The molecule has 0 saturated heterocycles. The van der Waals surface area contributed by atoms with E-state index in [9.17, 15) is 5.11 Å². The van der Waals surface area contributed by atoms with Gasteiger partial charge in [-0.15, -0.1) is 0 Å². The van der Waals surface area contributed by atoms with E-state index in [-0.39, 0.29) is 12.7 Å². The van der Waals surface area contributed by atoms with Crippen LogP contribution in [0.2, 0.25) is 0 Å². The third-order valence-corrected chi connectivity index (χ3v) is 2.98. The average molecular weight is 187 g/mol. The number of hydrogen-bond acceptors (Lipinski definition) is 3. The Labute approximate surface area is 80.4 Å². The Morgan fingerprint density at radius 3 is 2.31 bits per heavy atom. The molecule has 0 spiro atoms. The van der Waals surface area contributed by atoms with Crippen LogP contribution in [0.5, 0.6) is 0 Å². The fourth-order valence-corrected chi connectivity index (χ4v) is 2.15. The smallest absolute Gasteiger partial charge is 0.0558 e. The number of aliphatic hydroxyl groups excluding tert-OH is 2. The van der Waals surface area contributed by atoms with Crippen LogP contribution in [-0.4, -0.2) is 47.0 Å². The summed E-state index contributed by atoms with van der Waals surface area (Å²) < 4.78 is 0. The Morgan fingerprint density at radius 1 is 1.23 bits per heavy atom. The second kappa shape index (κ2) is 5.58. The van der Waals surface area contributed by atoms with Gasteiger partial charge in [-0.05, 0) is 32.2 Å². The number of aliphatic hydroxyl groups is 2. The molecule has 0 amide bonds. The normalized spacial score (nSPS) is 29.5. The van der Waals surface area contributed by atoms with Crippen LogP contribution >= 0.6 is 0 Å². The highest BCUT2D eigenvalue weighted by molar-refractivity contribution is 4.78. The summed E-state index contributed by atoms with van der Waals surface area (Å²) in [6.07, 6.45) is 3.92. The molecule has 1 aliphatic carbocycles. The van der Waals surface area contributed by atoms with Gasteiger partial charge in [0.2, 0.25) is 0 Å². The highest BCUT2D eigenvalue weighted by Crippen LogP contribution is 2.22. The van der Waals surface area contributed by atoms with Crippen molar-refractivity contribution in [2.24, 2.45) is 0 Å². The van der Waals surface area contributed by atoms with Gasteiger partial charge in [0, 0.05) is 12.6 Å². The molecule has 0 unspecified atom stereocenters. The van der Waals surface area contributed by atoms with Crippen LogP contribution in [0, 0.1) is 0 Å². The third-order valence-electron chi connectivity index (χ3n) is 2.98. The van der Waals surface area contributed by atoms with Crippen molar-refractivity contribution in [3.63, 3.8) is 0 Å². The molecule has 0 atom stereocenters. The third kappa shape index (κ3) is 3.25. The lowest BCUT2D eigenvalue weighted by atomic mass is 9.92. The molecule has 0 aromatic carbocycles. The van der Waals surface area contributed by atoms with Crippen LogP contribution in [0.25, 0.3) is 0 Å². The Balaban J connectivity index is 2.32. The minimum atomic E-state index is -0.0796. The van der Waals surface area contributed by atoms with Gasteiger partial charge in [-0.25, -0.2) is 0 Å². The van der Waals surface area contributed by atoms with Crippen LogP contribution in [-0.2, 0) is 0 Å². The van der Waals surface area contributed by atoms with E-state index in [1.165, 1.54) is 0 Å². The van der Waals surface area contributed by atoms with Gasteiger partial charge in [-0.2, -0.15) is 0 Å². The highest BCUT2D eigenvalue weighted by atomic mass is 16.3. The summed E-state index contributed by atoms with van der Waals surface area (Å²) in [5.74, 6) is 0. The molecule has 0 heterocycles. The van der Waals surface area contributed by atoms with Crippen LogP contribution in [0.1, 0.15) is 32.6 Å². The van der Waals surface area contributed by atoms with Crippen molar-refractivity contribution in [2.75, 3.05) is 19.7 Å². The zero-order valence-corrected chi connectivity index (χ0v) is 8.45. The van der Waals surface area contributed by atoms with Crippen molar-refractivity contribution >= 4 is 0 Å². The lowest BCUT2D eigenvalue weighted by Gasteiger charge is -2.34. The molecule has 13 heavy (non-hydrogen) atoms. The van der Waals surface area contributed by atoms with E-state index < -0.39 is 0 Å². The number of nitrogens with zero attached hydrogens (tertiary/aromatic N) is 1. The maximum absolute atomic E-state index is 9.34. The molecule has 0 aliphatic heterocycles. The summed E-state index contributed by atoms with van der Waals surface area (Å²) in [4.78, 5) is 2.31. The molecule has 2 N–H and O–H groups in total. The second-order valence-electron chi connectivity index (χ2n) is 3.81. The van der Waals surface area contributed by atoms with Crippen molar-refractivity contribution in [2.45, 2.75) is 44.8 Å². The molecule has 0 aromatic rings. The summed E-state index contributed by atoms with van der Waals surface area (Å²) in [6, 6.07) is 0.584. The van der Waals surface area contributed by atoms with Gasteiger partial charge in [0.1, 0.15) is 0 Å². The van der Waals surface area contributed by atoms with Gasteiger partial charge in [-0.3, -0.25) is 4.90 Å². The molecule has 0 bridgehead atoms. The number of hydrogen-bond donors (Lipinski definition) is 2. The lowest BCUT2D eigenvalue weighted by molar-refractivity contribution is 0.0676. The molecular weight excluding hydrogens is 166 g/mol. The first kappa shape index (κ1) is 11.0. The van der Waals surface area contributed by atoms with Crippen LogP contribution in [0.15, 0.2) is 0 Å². The number of likely N-dealkylation sites (N-methyl/N-ethyl adjacent to an activating group) is 1. The van der Waals surface area contributed by atoms with E-state index in [1.54, 1.807) is 0 Å². The van der Waals surface area contributed by atoms with E-state index in [0.29, 0.717) is 6.04 Å². The minimum Gasteiger partial charge on any atom is -0.395 e. The SMILES string of the molecule is CCN(CCO)C1CCC(O)CC1. The molecule has 0 radical (unpaired) electrons. The summed E-state index contributed by atoms with van der Waals surface area (Å²) in [7, 11) is 0. The summed E-state index contributed by atoms with van der Waals surface area (Å²) in [5.41, 5.74) is 0. The Morgan fingerprint density at radius 2 is 1.85 bits per heavy atom. The average Bonchev–Trinajstić information content (AvgIpc) is 2.16. The van der Waals surface area contributed by atoms with E-state index in [2.05, 4.69) is 11.8 Å². The molecule has 1 saturated carbocycles. The zero-order valence-electron chi connectivity index (χ0n) is 8.45. The fraction of sp³-hybridized carbons (Fsp3) is 1.00. The lowest BCUT2D eigenvalue weighted by Crippen LogP contribution is -2.40. The summed E-state index contributed by atoms with van der Waals surface area (Å²) >= 11 is 0. The Kier molecular flexibility index (Phi) is 4.70. The van der Waals surface area contributed by atoms with Gasteiger partial charge in [0.05, 0.1) is 12.7 Å². The predicted molar refractivity (Wildman–Crippen MR) is 52.6 cm³/mol. The van der Waals surface area contributed by atoms with Gasteiger partial charge < -0.3 is 10.2 Å². The van der Waals surface area contributed by atoms with Gasteiger partial charge in [-0.1, -0.05) is 6.92 Å². The Bertz CT molecular complexity index is 133. The molecule has 1 rings (SSSR count). The topological polar surface area (TPSA) is 43.7 Å². The van der Waals surface area contributed by atoms with Gasteiger partial charge >= 0.3 is 0 Å². The van der Waals surface area contributed by atoms with Crippen molar-refractivity contribution in [3.8, 4) is 0 Å². The molecule has 0 aromatic heterocycles. The van der Waals surface area contributed by atoms with Crippen LogP contribution in [0.4, 0.5) is 0 Å². The van der Waals surface area contributed by atoms with Crippen molar-refractivity contribution < 1.29 is 10.2 Å². The maximum atomic E-state index is 9.34. The Hall–Kier alpha value is -0.120. The van der Waals surface area contributed by atoms with Crippen molar-refractivity contribution in [1.82, 2.24) is 4.90 Å². The van der Waals surface area contributed by atoms with Crippen molar-refractivity contribution in [3.05, 3.63) is 0 Å². The molecule has 1 aliphatic rings. The molecule has 1 fully saturated rings. The standard InChI is InChI=1S/C10H21NO2/c1-2-11(7-8-12)9-3-5-10(13)6-4-9/h9-10,12-13H,2-8H2,1H3. The molecule has 78 valence electrons. The van der Waals surface area contributed by atoms with Crippen LogP contribution in [0.3, 0.4) is 0 Å². The van der Waals surface area contributed by atoms with Gasteiger partial charge in [0.15, 0.2) is 0 Å². The van der Waals surface area contributed by atoms with E-state index in [0.717, 1.165) is 38.8 Å². The number of rotatable bonds is 4.